The molecule has 13 heavy (non-hydrogen) atoms. The first-order chi connectivity index (χ1) is 6.10. The standard InChI is InChI=1S/C10H7Br3/c1-3-6-10(13,7-5-8-11)9(12)4-2/h2,9H,8H2,1H3. The van der Waals surface area contributed by atoms with Crippen LogP contribution in [0.4, 0.5) is 0 Å². The van der Waals surface area contributed by atoms with Crippen LogP contribution in [-0.4, -0.2) is 14.5 Å². The number of hydrogen-bond donors (Lipinski definition) is 0. The van der Waals surface area contributed by atoms with Gasteiger partial charge in [-0.15, -0.1) is 12.3 Å². The van der Waals surface area contributed by atoms with Crippen molar-refractivity contribution in [3.63, 3.8) is 0 Å². The Morgan fingerprint density at radius 2 is 2.08 bits per heavy atom. The lowest BCUT2D eigenvalue weighted by Gasteiger charge is -2.16. The molecule has 0 aliphatic rings. The van der Waals surface area contributed by atoms with Gasteiger partial charge in [0.2, 0.25) is 0 Å². The van der Waals surface area contributed by atoms with E-state index in [2.05, 4.69) is 77.4 Å². The summed E-state index contributed by atoms with van der Waals surface area (Å²) >= 11 is 9.96. The Morgan fingerprint density at radius 1 is 1.46 bits per heavy atom. The monoisotopic (exact) mass is 364 g/mol. The molecule has 0 saturated heterocycles. The average Bonchev–Trinajstić information content (AvgIpc) is 2.14. The molecule has 0 spiro atoms. The van der Waals surface area contributed by atoms with Gasteiger partial charge in [-0.25, -0.2) is 0 Å². The second-order valence-electron chi connectivity index (χ2n) is 2.05. The number of rotatable bonds is 1. The topological polar surface area (TPSA) is 0 Å². The zero-order valence-corrected chi connectivity index (χ0v) is 11.8. The maximum absolute atomic E-state index is 5.29. The molecule has 0 amide bonds. The van der Waals surface area contributed by atoms with Crippen molar-refractivity contribution in [3.8, 4) is 36.0 Å². The van der Waals surface area contributed by atoms with E-state index >= 15 is 0 Å². The van der Waals surface area contributed by atoms with Gasteiger partial charge in [0, 0.05) is 0 Å². The van der Waals surface area contributed by atoms with Crippen LogP contribution in [0.15, 0.2) is 0 Å². The number of terminal acetylenes is 1. The SMILES string of the molecule is C#CC(Br)C(Br)(C#CC)C#CCBr. The Bertz CT molecular complexity index is 318. The maximum Gasteiger partial charge on any atom is 0.169 e. The summed E-state index contributed by atoms with van der Waals surface area (Å²) in [7, 11) is 0. The molecule has 0 aliphatic heterocycles. The highest BCUT2D eigenvalue weighted by atomic mass is 79.9. The first kappa shape index (κ1) is 13.1. The molecule has 2 atom stereocenters. The van der Waals surface area contributed by atoms with E-state index in [1.807, 2.05) is 0 Å². The quantitative estimate of drug-likeness (QED) is 0.494. The minimum Gasteiger partial charge on any atom is -0.119 e. The van der Waals surface area contributed by atoms with Gasteiger partial charge in [-0.1, -0.05) is 71.5 Å². The predicted molar refractivity (Wildman–Crippen MR) is 68.2 cm³/mol. The van der Waals surface area contributed by atoms with Gasteiger partial charge in [0.05, 0.1) is 5.33 Å². The summed E-state index contributed by atoms with van der Waals surface area (Å²) in [5, 5.41) is 0.607. The molecule has 3 heteroatoms. The van der Waals surface area contributed by atoms with Gasteiger partial charge in [-0.05, 0) is 6.92 Å². The lowest BCUT2D eigenvalue weighted by molar-refractivity contribution is 1.04. The molecular weight excluding hydrogens is 360 g/mol. The molecule has 0 rings (SSSR count). The van der Waals surface area contributed by atoms with Crippen molar-refractivity contribution >= 4 is 47.8 Å². The Labute approximate surface area is 105 Å². The van der Waals surface area contributed by atoms with E-state index in [9.17, 15) is 0 Å². The molecular formula is C10H7Br3. The molecule has 0 heterocycles. The molecule has 0 saturated carbocycles. The van der Waals surface area contributed by atoms with Crippen LogP contribution in [0.5, 0.6) is 0 Å². The zero-order chi connectivity index (χ0) is 10.3. The van der Waals surface area contributed by atoms with Crippen molar-refractivity contribution in [1.29, 1.82) is 0 Å². The van der Waals surface area contributed by atoms with Crippen molar-refractivity contribution in [1.82, 2.24) is 0 Å². The Balaban J connectivity index is 4.93. The fourth-order valence-electron chi connectivity index (χ4n) is 0.617. The first-order valence-corrected chi connectivity index (χ1v) is 6.22. The van der Waals surface area contributed by atoms with Crippen LogP contribution in [-0.2, 0) is 0 Å². The maximum atomic E-state index is 5.29. The number of alkyl halides is 3. The number of halogens is 3. The third-order valence-electron chi connectivity index (χ3n) is 1.14. The fraction of sp³-hybridized carbons (Fsp3) is 0.400. The molecule has 0 aliphatic carbocycles. The Kier molecular flexibility index (Phi) is 6.62. The third kappa shape index (κ3) is 4.24. The highest BCUT2D eigenvalue weighted by Gasteiger charge is 2.29. The summed E-state index contributed by atoms with van der Waals surface area (Å²) in [5.74, 6) is 14.1. The smallest absolute Gasteiger partial charge is 0.119 e. The second-order valence-corrected chi connectivity index (χ2v) is 4.78. The highest BCUT2D eigenvalue weighted by molar-refractivity contribution is 9.12. The molecule has 0 aromatic carbocycles. The van der Waals surface area contributed by atoms with Crippen molar-refractivity contribution < 1.29 is 0 Å². The van der Waals surface area contributed by atoms with Crippen LogP contribution in [0.3, 0.4) is 0 Å². The van der Waals surface area contributed by atoms with Gasteiger partial charge >= 0.3 is 0 Å². The van der Waals surface area contributed by atoms with E-state index in [-0.39, 0.29) is 4.83 Å². The molecule has 0 fully saturated rings. The second kappa shape index (κ2) is 6.56. The molecule has 0 N–H and O–H groups in total. The van der Waals surface area contributed by atoms with Gasteiger partial charge in [0.25, 0.3) is 0 Å². The molecule has 0 bridgehead atoms. The minimum atomic E-state index is -0.649. The zero-order valence-electron chi connectivity index (χ0n) is 7.00. The molecule has 0 nitrogen and oxygen atoms in total. The molecule has 2 unspecified atom stereocenters. The summed E-state index contributed by atoms with van der Waals surface area (Å²) < 4.78 is -0.649. The molecule has 0 aromatic heterocycles. The van der Waals surface area contributed by atoms with Crippen molar-refractivity contribution in [3.05, 3.63) is 0 Å². The summed E-state index contributed by atoms with van der Waals surface area (Å²) in [6.45, 7) is 1.75. The summed E-state index contributed by atoms with van der Waals surface area (Å²) in [6, 6.07) is 0. The van der Waals surface area contributed by atoms with Gasteiger partial charge in [0.1, 0.15) is 4.83 Å². The van der Waals surface area contributed by atoms with Crippen molar-refractivity contribution in [2.45, 2.75) is 16.1 Å². The minimum absolute atomic E-state index is 0.223. The first-order valence-electron chi connectivity index (χ1n) is 3.39. The largest absolute Gasteiger partial charge is 0.169 e. The van der Waals surface area contributed by atoms with E-state index in [0.29, 0.717) is 5.33 Å². The van der Waals surface area contributed by atoms with E-state index in [1.165, 1.54) is 0 Å². The predicted octanol–water partition coefficient (Wildman–Crippen LogP) is 2.94. The summed E-state index contributed by atoms with van der Waals surface area (Å²) in [6.07, 6.45) is 5.29. The van der Waals surface area contributed by atoms with Crippen LogP contribution >= 0.6 is 47.8 Å². The average molecular weight is 367 g/mol. The molecule has 68 valence electrons. The molecule has 0 radical (unpaired) electrons. The van der Waals surface area contributed by atoms with Crippen LogP contribution in [0, 0.1) is 36.0 Å². The summed E-state index contributed by atoms with van der Waals surface area (Å²) in [5.41, 5.74) is 0. The van der Waals surface area contributed by atoms with Gasteiger partial charge in [0.15, 0.2) is 4.32 Å². The Hall–Kier alpha value is 0.120. The highest BCUT2D eigenvalue weighted by Crippen LogP contribution is 2.26. The van der Waals surface area contributed by atoms with E-state index in [1.54, 1.807) is 6.92 Å². The van der Waals surface area contributed by atoms with E-state index in [4.69, 9.17) is 6.42 Å². The normalized spacial score (nSPS) is 15.0. The summed E-state index contributed by atoms with van der Waals surface area (Å²) in [4.78, 5) is -0.223. The Morgan fingerprint density at radius 3 is 2.46 bits per heavy atom. The third-order valence-corrected chi connectivity index (χ3v) is 3.84. The molecule has 0 aromatic rings. The van der Waals surface area contributed by atoms with Gasteiger partial charge in [-0.2, -0.15) is 0 Å². The van der Waals surface area contributed by atoms with E-state index < -0.39 is 4.32 Å². The van der Waals surface area contributed by atoms with Crippen molar-refractivity contribution in [2.75, 3.05) is 5.33 Å². The number of hydrogen-bond acceptors (Lipinski definition) is 0. The van der Waals surface area contributed by atoms with Crippen LogP contribution in [0.1, 0.15) is 6.92 Å². The van der Waals surface area contributed by atoms with Crippen LogP contribution < -0.4 is 0 Å². The van der Waals surface area contributed by atoms with Gasteiger partial charge < -0.3 is 0 Å². The van der Waals surface area contributed by atoms with Gasteiger partial charge in [-0.3, -0.25) is 0 Å². The van der Waals surface area contributed by atoms with E-state index in [0.717, 1.165) is 0 Å². The fourth-order valence-corrected chi connectivity index (χ4v) is 1.46. The van der Waals surface area contributed by atoms with Crippen molar-refractivity contribution in [2.24, 2.45) is 0 Å². The lowest BCUT2D eigenvalue weighted by Crippen LogP contribution is -2.27. The lowest BCUT2D eigenvalue weighted by atomic mass is 10.1. The van der Waals surface area contributed by atoms with Crippen LogP contribution in [0.2, 0.25) is 0 Å². The van der Waals surface area contributed by atoms with Crippen LogP contribution in [0.25, 0.3) is 0 Å².